The fourth-order valence-corrected chi connectivity index (χ4v) is 0.876. The number of nitrogens with zero attached hydrogens (tertiary/aromatic N) is 3. The molecule has 8 heavy (non-hydrogen) atoms. The van der Waals surface area contributed by atoms with Crippen LogP contribution in [0.3, 0.4) is 0 Å². The summed E-state index contributed by atoms with van der Waals surface area (Å²) >= 11 is 1.13. The van der Waals surface area contributed by atoms with Gasteiger partial charge in [0.2, 0.25) is 0 Å². The molecular weight excluding hydrogens is 122 g/mol. The van der Waals surface area contributed by atoms with E-state index in [9.17, 15) is 0 Å². The summed E-state index contributed by atoms with van der Waals surface area (Å²) in [5.74, 6) is 0. The highest BCUT2D eigenvalue weighted by Crippen LogP contribution is 2.06. The molecule has 1 rings (SSSR count). The standard InChI is InChI=1S/C4H5N3S/c5-3-8-7-2-1-6-4-7/h4H,1-2H2. The maximum Gasteiger partial charge on any atom is 0.156 e. The molecule has 0 aromatic carbocycles. The first-order valence-corrected chi connectivity index (χ1v) is 3.03. The largest absolute Gasteiger partial charge is 0.293 e. The van der Waals surface area contributed by atoms with E-state index in [1.165, 1.54) is 0 Å². The fraction of sp³-hybridized carbons (Fsp3) is 0.500. The van der Waals surface area contributed by atoms with Gasteiger partial charge in [-0.05, 0) is 0 Å². The number of hydrogen-bond acceptors (Lipinski definition) is 4. The van der Waals surface area contributed by atoms with Crippen LogP contribution in [0.4, 0.5) is 0 Å². The van der Waals surface area contributed by atoms with Crippen molar-refractivity contribution in [3.63, 3.8) is 0 Å². The van der Waals surface area contributed by atoms with Crippen LogP contribution in [0.2, 0.25) is 0 Å². The van der Waals surface area contributed by atoms with Crippen molar-refractivity contribution in [3.05, 3.63) is 0 Å². The van der Waals surface area contributed by atoms with Crippen molar-refractivity contribution in [1.29, 1.82) is 5.26 Å². The monoisotopic (exact) mass is 127 g/mol. The van der Waals surface area contributed by atoms with Gasteiger partial charge in [-0.1, -0.05) is 0 Å². The Balaban J connectivity index is 2.28. The Kier molecular flexibility index (Phi) is 1.75. The Bertz CT molecular complexity index is 137. The van der Waals surface area contributed by atoms with Gasteiger partial charge in [0, 0.05) is 0 Å². The van der Waals surface area contributed by atoms with Gasteiger partial charge >= 0.3 is 0 Å². The summed E-state index contributed by atoms with van der Waals surface area (Å²) < 4.78 is 1.81. The third-order valence-corrected chi connectivity index (χ3v) is 1.41. The minimum Gasteiger partial charge on any atom is -0.293 e. The molecule has 1 aliphatic rings. The molecule has 0 spiro atoms. The predicted molar refractivity (Wildman–Crippen MR) is 33.3 cm³/mol. The molecule has 3 nitrogen and oxygen atoms in total. The van der Waals surface area contributed by atoms with Crippen molar-refractivity contribution < 1.29 is 0 Å². The summed E-state index contributed by atoms with van der Waals surface area (Å²) in [6, 6.07) is 0. The molecule has 0 aromatic heterocycles. The zero-order valence-corrected chi connectivity index (χ0v) is 5.06. The van der Waals surface area contributed by atoms with Crippen LogP contribution < -0.4 is 0 Å². The molecule has 0 fully saturated rings. The molecule has 0 saturated heterocycles. The molecule has 0 atom stereocenters. The second-order valence-corrected chi connectivity index (χ2v) is 2.18. The lowest BCUT2D eigenvalue weighted by Gasteiger charge is -2.02. The van der Waals surface area contributed by atoms with E-state index >= 15 is 0 Å². The van der Waals surface area contributed by atoms with E-state index < -0.39 is 0 Å². The lowest BCUT2D eigenvalue weighted by atomic mass is 10.7. The summed E-state index contributed by atoms with van der Waals surface area (Å²) in [6.07, 6.45) is 1.69. The highest BCUT2D eigenvalue weighted by Gasteiger charge is 2.03. The minimum absolute atomic E-state index is 0.828. The van der Waals surface area contributed by atoms with E-state index in [0.29, 0.717) is 0 Å². The molecule has 1 aliphatic heterocycles. The minimum atomic E-state index is 0.828. The van der Waals surface area contributed by atoms with E-state index in [1.807, 2.05) is 5.40 Å². The molecule has 0 aliphatic carbocycles. The summed E-state index contributed by atoms with van der Waals surface area (Å²) in [5, 5.41) is 10.1. The zero-order chi connectivity index (χ0) is 5.82. The van der Waals surface area contributed by atoms with Crippen LogP contribution >= 0.6 is 11.9 Å². The topological polar surface area (TPSA) is 39.4 Å². The van der Waals surface area contributed by atoms with Crippen LogP contribution in [0.1, 0.15) is 0 Å². The van der Waals surface area contributed by atoms with Gasteiger partial charge < -0.3 is 0 Å². The van der Waals surface area contributed by atoms with E-state index in [-0.39, 0.29) is 0 Å². The quantitative estimate of drug-likeness (QED) is 0.379. The molecule has 0 aromatic rings. The van der Waals surface area contributed by atoms with Gasteiger partial charge in [-0.25, -0.2) is 0 Å². The first kappa shape index (κ1) is 5.45. The van der Waals surface area contributed by atoms with Gasteiger partial charge in [-0.3, -0.25) is 9.30 Å². The number of aliphatic imine (C=N–C) groups is 1. The maximum absolute atomic E-state index is 8.14. The molecule has 42 valence electrons. The molecule has 0 saturated carbocycles. The van der Waals surface area contributed by atoms with E-state index in [2.05, 4.69) is 4.99 Å². The highest BCUT2D eigenvalue weighted by molar-refractivity contribution is 8.01. The molecule has 0 unspecified atom stereocenters. The number of nitriles is 1. The Morgan fingerprint density at radius 1 is 1.88 bits per heavy atom. The third kappa shape index (κ3) is 1.14. The molecule has 0 radical (unpaired) electrons. The van der Waals surface area contributed by atoms with Gasteiger partial charge in [0.05, 0.1) is 31.4 Å². The second kappa shape index (κ2) is 2.58. The smallest absolute Gasteiger partial charge is 0.156 e. The summed E-state index contributed by atoms with van der Waals surface area (Å²) in [6.45, 7) is 1.70. The van der Waals surface area contributed by atoms with Crippen molar-refractivity contribution in [2.75, 3.05) is 13.1 Å². The Hall–Kier alpha value is -0.690. The van der Waals surface area contributed by atoms with Crippen molar-refractivity contribution >= 4 is 18.3 Å². The molecule has 1 heterocycles. The highest BCUT2D eigenvalue weighted by atomic mass is 32.2. The third-order valence-electron chi connectivity index (χ3n) is 0.818. The van der Waals surface area contributed by atoms with Crippen LogP contribution in [-0.2, 0) is 0 Å². The van der Waals surface area contributed by atoms with Crippen LogP contribution in [0, 0.1) is 10.7 Å². The van der Waals surface area contributed by atoms with Gasteiger partial charge in [0.1, 0.15) is 0 Å². The summed E-state index contributed by atoms with van der Waals surface area (Å²) in [7, 11) is 0. The lowest BCUT2D eigenvalue weighted by Crippen LogP contribution is -2.08. The van der Waals surface area contributed by atoms with Crippen LogP contribution in [0.15, 0.2) is 4.99 Å². The van der Waals surface area contributed by atoms with Crippen molar-refractivity contribution in [3.8, 4) is 5.40 Å². The molecule has 0 bridgehead atoms. The van der Waals surface area contributed by atoms with E-state index in [0.717, 1.165) is 25.0 Å². The van der Waals surface area contributed by atoms with Crippen LogP contribution in [0.5, 0.6) is 0 Å². The Labute approximate surface area is 52.1 Å². The van der Waals surface area contributed by atoms with Crippen molar-refractivity contribution in [2.45, 2.75) is 0 Å². The summed E-state index contributed by atoms with van der Waals surface area (Å²) in [4.78, 5) is 3.91. The average Bonchev–Trinajstić information content (AvgIpc) is 2.19. The van der Waals surface area contributed by atoms with E-state index in [4.69, 9.17) is 5.26 Å². The first-order chi connectivity index (χ1) is 3.93. The van der Waals surface area contributed by atoms with E-state index in [1.54, 1.807) is 10.6 Å². The lowest BCUT2D eigenvalue weighted by molar-refractivity contribution is 0.753. The fourth-order valence-electron chi connectivity index (χ4n) is 0.484. The van der Waals surface area contributed by atoms with Crippen LogP contribution in [-0.4, -0.2) is 23.7 Å². The number of hydrogen-bond donors (Lipinski definition) is 0. The molecular formula is C4H5N3S. The SMILES string of the molecule is N#CSN1C=NCC1. The first-order valence-electron chi connectivity index (χ1n) is 2.26. The Morgan fingerprint density at radius 2 is 2.75 bits per heavy atom. The van der Waals surface area contributed by atoms with Crippen LogP contribution in [0.25, 0.3) is 0 Å². The Morgan fingerprint density at radius 3 is 3.25 bits per heavy atom. The maximum atomic E-state index is 8.14. The molecule has 0 N–H and O–H groups in total. The van der Waals surface area contributed by atoms with Gasteiger partial charge in [-0.15, -0.1) is 0 Å². The van der Waals surface area contributed by atoms with Gasteiger partial charge in [0.25, 0.3) is 0 Å². The molecule has 0 amide bonds. The zero-order valence-electron chi connectivity index (χ0n) is 4.24. The summed E-state index contributed by atoms with van der Waals surface area (Å²) in [5.41, 5.74) is 0. The van der Waals surface area contributed by atoms with Crippen molar-refractivity contribution in [2.24, 2.45) is 4.99 Å². The second-order valence-electron chi connectivity index (χ2n) is 1.34. The van der Waals surface area contributed by atoms with Crippen molar-refractivity contribution in [1.82, 2.24) is 4.31 Å². The average molecular weight is 127 g/mol. The molecule has 4 heteroatoms. The predicted octanol–water partition coefficient (Wildman–Crippen LogP) is 0.460. The van der Waals surface area contributed by atoms with Gasteiger partial charge in [0.15, 0.2) is 5.40 Å². The van der Waals surface area contributed by atoms with Gasteiger partial charge in [-0.2, -0.15) is 5.26 Å². The normalized spacial score (nSPS) is 16.6. The number of rotatable bonds is 1. The number of thiocyanates is 1.